The summed E-state index contributed by atoms with van der Waals surface area (Å²) in [5, 5.41) is 5.97. The molecule has 1 rings (SSSR count). The molecule has 0 aromatic heterocycles. The topological polar surface area (TPSA) is 50.4 Å². The van der Waals surface area contributed by atoms with Gasteiger partial charge >= 0.3 is 0 Å². The van der Waals surface area contributed by atoms with Crippen LogP contribution >= 0.6 is 0 Å². The lowest BCUT2D eigenvalue weighted by atomic mass is 10.1. The third-order valence-electron chi connectivity index (χ3n) is 3.11. The maximum Gasteiger partial charge on any atom is 0.251 e. The molecule has 0 heterocycles. The molecule has 18 heavy (non-hydrogen) atoms. The second kappa shape index (κ2) is 7.01. The minimum absolute atomic E-state index is 0.0602. The number of nitrogens with one attached hydrogen (secondary N) is 2. The summed E-state index contributed by atoms with van der Waals surface area (Å²) in [6.07, 6.45) is 1.14. The molecule has 1 aromatic rings. The van der Waals surface area contributed by atoms with Crippen molar-refractivity contribution in [2.24, 2.45) is 0 Å². The van der Waals surface area contributed by atoms with Gasteiger partial charge in [-0.15, -0.1) is 0 Å². The second-order valence-electron chi connectivity index (χ2n) is 4.20. The average molecular weight is 250 g/mol. The Kier molecular flexibility index (Phi) is 5.65. The highest BCUT2D eigenvalue weighted by Crippen LogP contribution is 2.19. The molecule has 1 unspecified atom stereocenters. The van der Waals surface area contributed by atoms with Gasteiger partial charge in [0.1, 0.15) is 0 Å². The molecule has 0 radical (unpaired) electrons. The number of methoxy groups -OCH3 is 1. The lowest BCUT2D eigenvalue weighted by Gasteiger charge is -2.17. The summed E-state index contributed by atoms with van der Waals surface area (Å²) >= 11 is 0. The number of rotatable bonds is 6. The third-order valence-corrected chi connectivity index (χ3v) is 3.11. The summed E-state index contributed by atoms with van der Waals surface area (Å²) in [4.78, 5) is 11.7. The lowest BCUT2D eigenvalue weighted by molar-refractivity contribution is 0.0962. The van der Waals surface area contributed by atoms with E-state index in [9.17, 15) is 4.79 Å². The van der Waals surface area contributed by atoms with Crippen molar-refractivity contribution in [1.29, 1.82) is 0 Å². The monoisotopic (exact) mass is 250 g/mol. The summed E-state index contributed by atoms with van der Waals surface area (Å²) in [5.74, 6) is -0.0602. The Bertz CT molecular complexity index is 401. The van der Waals surface area contributed by atoms with Crippen molar-refractivity contribution in [3.8, 4) is 0 Å². The van der Waals surface area contributed by atoms with Crippen LogP contribution in [0.15, 0.2) is 18.2 Å². The number of ether oxygens (including phenoxy) is 1. The Balaban J connectivity index is 2.81. The fourth-order valence-corrected chi connectivity index (χ4v) is 1.83. The minimum Gasteiger partial charge on any atom is -0.382 e. The second-order valence-corrected chi connectivity index (χ2v) is 4.20. The van der Waals surface area contributed by atoms with Crippen molar-refractivity contribution < 1.29 is 9.53 Å². The van der Waals surface area contributed by atoms with Crippen LogP contribution in [0.3, 0.4) is 0 Å². The minimum atomic E-state index is -0.0602. The van der Waals surface area contributed by atoms with Gasteiger partial charge in [-0.3, -0.25) is 4.79 Å². The molecule has 0 bridgehead atoms. The molecule has 2 N–H and O–H groups in total. The molecule has 4 heteroatoms. The summed E-state index contributed by atoms with van der Waals surface area (Å²) in [6.45, 7) is 4.77. The first-order chi connectivity index (χ1) is 8.63. The van der Waals surface area contributed by atoms with Crippen LogP contribution in [0.2, 0.25) is 0 Å². The number of hydrogen-bond donors (Lipinski definition) is 2. The Morgan fingerprint density at radius 3 is 2.72 bits per heavy atom. The SMILES string of the molecule is CCC(CNc1cccc(C(=O)NC)c1C)OC. The van der Waals surface area contributed by atoms with Gasteiger partial charge in [0.25, 0.3) is 5.91 Å². The van der Waals surface area contributed by atoms with Gasteiger partial charge < -0.3 is 15.4 Å². The Labute approximate surface area is 109 Å². The summed E-state index contributed by atoms with van der Waals surface area (Å²) in [5.41, 5.74) is 2.64. The molecule has 1 amide bonds. The zero-order valence-electron chi connectivity index (χ0n) is 11.5. The predicted molar refractivity (Wildman–Crippen MR) is 74.1 cm³/mol. The van der Waals surface area contributed by atoms with Crippen molar-refractivity contribution >= 4 is 11.6 Å². The fraction of sp³-hybridized carbons (Fsp3) is 0.500. The maximum absolute atomic E-state index is 11.7. The van der Waals surface area contributed by atoms with Gasteiger partial charge in [-0.1, -0.05) is 13.0 Å². The number of hydrogen-bond acceptors (Lipinski definition) is 3. The molecular weight excluding hydrogens is 228 g/mol. The van der Waals surface area contributed by atoms with E-state index in [0.717, 1.165) is 24.2 Å². The molecule has 1 aromatic carbocycles. The van der Waals surface area contributed by atoms with Gasteiger partial charge in [-0.25, -0.2) is 0 Å². The first-order valence-electron chi connectivity index (χ1n) is 6.22. The summed E-state index contributed by atoms with van der Waals surface area (Å²) < 4.78 is 5.32. The van der Waals surface area contributed by atoms with Gasteiger partial charge in [0, 0.05) is 32.0 Å². The molecule has 1 atom stereocenters. The van der Waals surface area contributed by atoms with Crippen molar-refractivity contribution in [2.75, 3.05) is 26.0 Å². The molecule has 100 valence electrons. The number of benzene rings is 1. The summed E-state index contributed by atoms with van der Waals surface area (Å²) in [6, 6.07) is 5.69. The van der Waals surface area contributed by atoms with Gasteiger partial charge in [0.2, 0.25) is 0 Å². The smallest absolute Gasteiger partial charge is 0.251 e. The van der Waals surface area contributed by atoms with Crippen LogP contribution in [-0.4, -0.2) is 32.7 Å². The number of carbonyl (C=O) groups excluding carboxylic acids is 1. The molecule has 0 aliphatic rings. The molecular formula is C14H22N2O2. The zero-order chi connectivity index (χ0) is 13.5. The fourth-order valence-electron chi connectivity index (χ4n) is 1.83. The first kappa shape index (κ1) is 14.5. The van der Waals surface area contributed by atoms with Crippen molar-refractivity contribution in [3.63, 3.8) is 0 Å². The van der Waals surface area contributed by atoms with Crippen LogP contribution in [-0.2, 0) is 4.74 Å². The van der Waals surface area contributed by atoms with E-state index in [-0.39, 0.29) is 12.0 Å². The maximum atomic E-state index is 11.7. The summed E-state index contributed by atoms with van der Waals surface area (Å²) in [7, 11) is 3.35. The molecule has 0 fully saturated rings. The van der Waals surface area contributed by atoms with Crippen LogP contribution in [0.4, 0.5) is 5.69 Å². The van der Waals surface area contributed by atoms with E-state index in [1.54, 1.807) is 14.2 Å². The van der Waals surface area contributed by atoms with E-state index in [4.69, 9.17) is 4.74 Å². The zero-order valence-corrected chi connectivity index (χ0v) is 11.5. The van der Waals surface area contributed by atoms with E-state index in [0.29, 0.717) is 5.56 Å². The van der Waals surface area contributed by atoms with E-state index < -0.39 is 0 Å². The Morgan fingerprint density at radius 2 is 2.17 bits per heavy atom. The van der Waals surface area contributed by atoms with E-state index in [1.165, 1.54) is 0 Å². The standard InChI is InChI=1S/C14H22N2O2/c1-5-11(18-4)9-16-13-8-6-7-12(10(13)2)14(17)15-3/h6-8,11,16H,5,9H2,1-4H3,(H,15,17). The molecule has 0 saturated heterocycles. The van der Waals surface area contributed by atoms with Gasteiger partial charge in [-0.2, -0.15) is 0 Å². The van der Waals surface area contributed by atoms with Crippen molar-refractivity contribution in [3.05, 3.63) is 29.3 Å². The van der Waals surface area contributed by atoms with Crippen molar-refractivity contribution in [2.45, 2.75) is 26.4 Å². The number of anilines is 1. The van der Waals surface area contributed by atoms with Crippen LogP contribution in [0.5, 0.6) is 0 Å². The molecule has 0 spiro atoms. The van der Waals surface area contributed by atoms with Crippen molar-refractivity contribution in [1.82, 2.24) is 5.32 Å². The van der Waals surface area contributed by atoms with E-state index >= 15 is 0 Å². The number of carbonyl (C=O) groups is 1. The highest BCUT2D eigenvalue weighted by molar-refractivity contribution is 5.96. The molecule has 0 aliphatic carbocycles. The van der Waals surface area contributed by atoms with Crippen LogP contribution < -0.4 is 10.6 Å². The largest absolute Gasteiger partial charge is 0.382 e. The average Bonchev–Trinajstić information content (AvgIpc) is 2.40. The van der Waals surface area contributed by atoms with E-state index in [2.05, 4.69) is 17.6 Å². The predicted octanol–water partition coefficient (Wildman–Crippen LogP) is 2.19. The van der Waals surface area contributed by atoms with Gasteiger partial charge in [-0.05, 0) is 31.0 Å². The van der Waals surface area contributed by atoms with Gasteiger partial charge in [0.05, 0.1) is 6.10 Å². The molecule has 4 nitrogen and oxygen atoms in total. The van der Waals surface area contributed by atoms with Crippen LogP contribution in [0, 0.1) is 6.92 Å². The Hall–Kier alpha value is -1.55. The highest BCUT2D eigenvalue weighted by Gasteiger charge is 2.11. The van der Waals surface area contributed by atoms with Gasteiger partial charge in [0.15, 0.2) is 0 Å². The van der Waals surface area contributed by atoms with Crippen LogP contribution in [0.1, 0.15) is 29.3 Å². The molecule has 0 saturated carbocycles. The number of amides is 1. The highest BCUT2D eigenvalue weighted by atomic mass is 16.5. The lowest BCUT2D eigenvalue weighted by Crippen LogP contribution is -2.23. The van der Waals surface area contributed by atoms with E-state index in [1.807, 2.05) is 25.1 Å². The third kappa shape index (κ3) is 3.47. The normalized spacial score (nSPS) is 12.0. The first-order valence-corrected chi connectivity index (χ1v) is 6.22. The molecule has 0 aliphatic heterocycles. The quantitative estimate of drug-likeness (QED) is 0.813. The van der Waals surface area contributed by atoms with Crippen LogP contribution in [0.25, 0.3) is 0 Å². The Morgan fingerprint density at radius 1 is 1.44 bits per heavy atom.